The van der Waals surface area contributed by atoms with E-state index in [2.05, 4.69) is 0 Å². The fraction of sp³-hybridized carbons (Fsp3) is 0.429. The maximum absolute atomic E-state index is 10.3. The van der Waals surface area contributed by atoms with Gasteiger partial charge in [-0.25, -0.2) is 0 Å². The lowest BCUT2D eigenvalue weighted by atomic mass is 10.0. The van der Waals surface area contributed by atoms with Crippen molar-refractivity contribution in [3.05, 3.63) is 33.2 Å². The molecule has 0 amide bonds. The third-order valence-electron chi connectivity index (χ3n) is 1.63. The number of aliphatic hydroxyl groups is 1. The number of rotatable bonds is 1. The second-order valence-corrected chi connectivity index (χ2v) is 2.58. The summed E-state index contributed by atoms with van der Waals surface area (Å²) >= 11 is 0. The first kappa shape index (κ1) is 7.78. The van der Waals surface area contributed by atoms with Crippen LogP contribution in [-0.2, 0) is 0 Å². The number of nitro groups is 1. The van der Waals surface area contributed by atoms with Crippen molar-refractivity contribution < 1.29 is 10.0 Å². The van der Waals surface area contributed by atoms with E-state index in [4.69, 9.17) is 5.11 Å². The summed E-state index contributed by atoms with van der Waals surface area (Å²) in [4.78, 5) is 9.70. The number of aliphatic hydroxyl groups excluding tert-OH is 1. The molecule has 0 saturated carbocycles. The zero-order chi connectivity index (χ0) is 8.43. The molecule has 0 aromatic carbocycles. The monoisotopic (exact) mass is 155 g/mol. The Labute approximate surface area is 64.0 Å². The topological polar surface area (TPSA) is 63.4 Å². The van der Waals surface area contributed by atoms with Gasteiger partial charge in [-0.15, -0.1) is 0 Å². The molecule has 0 atom stereocenters. The van der Waals surface area contributed by atoms with Crippen LogP contribution < -0.4 is 0 Å². The van der Waals surface area contributed by atoms with Crippen molar-refractivity contribution in [2.24, 2.45) is 0 Å². The van der Waals surface area contributed by atoms with Gasteiger partial charge in [-0.2, -0.15) is 0 Å². The Kier molecular flexibility index (Phi) is 1.94. The molecule has 0 spiro atoms. The predicted molar refractivity (Wildman–Crippen MR) is 39.6 cm³/mol. The van der Waals surface area contributed by atoms with E-state index < -0.39 is 4.92 Å². The molecule has 0 bridgehead atoms. The third-order valence-corrected chi connectivity index (χ3v) is 1.63. The fourth-order valence-electron chi connectivity index (χ4n) is 0.991. The first-order chi connectivity index (χ1) is 5.11. The van der Waals surface area contributed by atoms with Gasteiger partial charge < -0.3 is 5.11 Å². The summed E-state index contributed by atoms with van der Waals surface area (Å²) in [7, 11) is 0. The zero-order valence-electron chi connectivity index (χ0n) is 6.20. The van der Waals surface area contributed by atoms with Crippen LogP contribution in [0.1, 0.15) is 19.8 Å². The number of nitrogens with zero attached hydrogens (tertiary/aromatic N) is 1. The smallest absolute Gasteiger partial charge is 0.306 e. The molecule has 4 heteroatoms. The minimum atomic E-state index is -0.558. The summed E-state index contributed by atoms with van der Waals surface area (Å²) in [5, 5.41) is 19.3. The van der Waals surface area contributed by atoms with Crippen LogP contribution in [0.4, 0.5) is 0 Å². The van der Waals surface area contributed by atoms with E-state index in [1.807, 2.05) is 6.92 Å². The molecule has 11 heavy (non-hydrogen) atoms. The Balaban J connectivity index is 2.98. The van der Waals surface area contributed by atoms with Crippen LogP contribution >= 0.6 is 0 Å². The Hall–Kier alpha value is -1.32. The molecule has 0 fully saturated rings. The molecule has 4 nitrogen and oxygen atoms in total. The average molecular weight is 155 g/mol. The van der Waals surface area contributed by atoms with Gasteiger partial charge in [-0.05, 0) is 13.3 Å². The van der Waals surface area contributed by atoms with E-state index in [-0.39, 0.29) is 11.5 Å². The van der Waals surface area contributed by atoms with E-state index in [1.54, 1.807) is 0 Å². The molecule has 0 aromatic heterocycles. The Morgan fingerprint density at radius 3 is 2.73 bits per heavy atom. The standard InChI is InChI=1S/C7H9NO3/c1-5-2-3-7(9)6(4-5)8(10)11/h4,9H,2-3H2,1H3. The van der Waals surface area contributed by atoms with Gasteiger partial charge in [0.15, 0.2) is 5.76 Å². The zero-order valence-corrected chi connectivity index (χ0v) is 6.20. The van der Waals surface area contributed by atoms with Gasteiger partial charge in [0.05, 0.1) is 4.92 Å². The number of hydrogen-bond acceptors (Lipinski definition) is 3. The summed E-state index contributed by atoms with van der Waals surface area (Å²) in [5.74, 6) is -0.111. The minimum Gasteiger partial charge on any atom is -0.506 e. The van der Waals surface area contributed by atoms with Crippen molar-refractivity contribution in [3.63, 3.8) is 0 Å². The summed E-state index contributed by atoms with van der Waals surface area (Å²) in [6.45, 7) is 1.82. The van der Waals surface area contributed by atoms with Gasteiger partial charge in [0, 0.05) is 12.5 Å². The van der Waals surface area contributed by atoms with Crippen molar-refractivity contribution in [1.29, 1.82) is 0 Å². The summed E-state index contributed by atoms with van der Waals surface area (Å²) < 4.78 is 0. The van der Waals surface area contributed by atoms with Gasteiger partial charge in [-0.1, -0.05) is 5.57 Å². The Morgan fingerprint density at radius 1 is 1.64 bits per heavy atom. The van der Waals surface area contributed by atoms with E-state index in [9.17, 15) is 10.1 Å². The van der Waals surface area contributed by atoms with Gasteiger partial charge in [0.1, 0.15) is 0 Å². The second-order valence-electron chi connectivity index (χ2n) is 2.58. The molecule has 0 radical (unpaired) electrons. The van der Waals surface area contributed by atoms with Crippen molar-refractivity contribution in [2.75, 3.05) is 0 Å². The fourth-order valence-corrected chi connectivity index (χ4v) is 0.991. The van der Waals surface area contributed by atoms with Crippen molar-refractivity contribution >= 4 is 0 Å². The highest BCUT2D eigenvalue weighted by Gasteiger charge is 2.19. The summed E-state index contributed by atoms with van der Waals surface area (Å²) in [6, 6.07) is 0. The second kappa shape index (κ2) is 2.74. The van der Waals surface area contributed by atoms with Crippen molar-refractivity contribution in [1.82, 2.24) is 0 Å². The molecule has 0 aromatic rings. The first-order valence-corrected chi connectivity index (χ1v) is 3.35. The van der Waals surface area contributed by atoms with Gasteiger partial charge in [0.25, 0.3) is 0 Å². The molecule has 1 rings (SSSR count). The summed E-state index contributed by atoms with van der Waals surface area (Å²) in [5.41, 5.74) is 0.781. The summed E-state index contributed by atoms with van der Waals surface area (Å²) in [6.07, 6.45) is 2.51. The van der Waals surface area contributed by atoms with E-state index in [0.717, 1.165) is 5.57 Å². The SMILES string of the molecule is CC1=CC([N+](=O)[O-])=C(O)CC1. The maximum Gasteiger partial charge on any atom is 0.306 e. The van der Waals surface area contributed by atoms with Crippen LogP contribution in [0.5, 0.6) is 0 Å². The highest BCUT2D eigenvalue weighted by atomic mass is 16.6. The van der Waals surface area contributed by atoms with Crippen LogP contribution in [0.15, 0.2) is 23.1 Å². The van der Waals surface area contributed by atoms with Crippen molar-refractivity contribution in [2.45, 2.75) is 19.8 Å². The van der Waals surface area contributed by atoms with Gasteiger partial charge >= 0.3 is 5.70 Å². The van der Waals surface area contributed by atoms with E-state index >= 15 is 0 Å². The predicted octanol–water partition coefficient (Wildman–Crippen LogP) is 1.77. The largest absolute Gasteiger partial charge is 0.506 e. The first-order valence-electron chi connectivity index (χ1n) is 3.35. The number of hydrogen-bond donors (Lipinski definition) is 1. The molecule has 1 aliphatic rings. The molecule has 1 N–H and O–H groups in total. The molecule has 0 unspecified atom stereocenters. The van der Waals surface area contributed by atoms with Crippen LogP contribution in [0, 0.1) is 10.1 Å². The van der Waals surface area contributed by atoms with E-state index in [0.29, 0.717) is 12.8 Å². The van der Waals surface area contributed by atoms with Gasteiger partial charge in [-0.3, -0.25) is 10.1 Å². The molecule has 60 valence electrons. The Morgan fingerprint density at radius 2 is 2.27 bits per heavy atom. The quantitative estimate of drug-likeness (QED) is 0.463. The Bertz CT molecular complexity index is 252. The normalized spacial score (nSPS) is 18.1. The average Bonchev–Trinajstić information content (AvgIpc) is 1.94. The molecule has 0 heterocycles. The van der Waals surface area contributed by atoms with Crippen LogP contribution in [-0.4, -0.2) is 10.0 Å². The molecular formula is C7H9NO3. The highest BCUT2D eigenvalue weighted by Crippen LogP contribution is 2.21. The van der Waals surface area contributed by atoms with Crippen LogP contribution in [0.3, 0.4) is 0 Å². The van der Waals surface area contributed by atoms with Crippen LogP contribution in [0.2, 0.25) is 0 Å². The van der Waals surface area contributed by atoms with Gasteiger partial charge in [0.2, 0.25) is 0 Å². The third kappa shape index (κ3) is 1.58. The van der Waals surface area contributed by atoms with Crippen molar-refractivity contribution in [3.8, 4) is 0 Å². The highest BCUT2D eigenvalue weighted by molar-refractivity contribution is 5.24. The number of allylic oxidation sites excluding steroid dienone is 3. The lowest BCUT2D eigenvalue weighted by molar-refractivity contribution is -0.422. The maximum atomic E-state index is 10.3. The minimum absolute atomic E-state index is 0.111. The lowest BCUT2D eigenvalue weighted by Gasteiger charge is -2.06. The molecule has 0 saturated heterocycles. The molecule has 0 aliphatic heterocycles. The lowest BCUT2D eigenvalue weighted by Crippen LogP contribution is -2.05. The molecule has 1 aliphatic carbocycles. The molecular weight excluding hydrogens is 146 g/mol. The van der Waals surface area contributed by atoms with E-state index in [1.165, 1.54) is 6.08 Å². The van der Waals surface area contributed by atoms with Crippen LogP contribution in [0.25, 0.3) is 0 Å².